The van der Waals surface area contributed by atoms with Crippen molar-refractivity contribution in [3.8, 4) is 0 Å². The fourth-order valence-electron chi connectivity index (χ4n) is 7.36. The minimum Gasteiger partial charge on any atom is -0.458 e. The predicted octanol–water partition coefficient (Wildman–Crippen LogP) is 1.29. The highest BCUT2D eigenvalue weighted by Crippen LogP contribution is 2.74. The van der Waals surface area contributed by atoms with Crippen molar-refractivity contribution in [2.75, 3.05) is 25.1 Å². The first kappa shape index (κ1) is 16.1. The summed E-state index contributed by atoms with van der Waals surface area (Å²) in [6.45, 7) is 3.14. The maximum Gasteiger partial charge on any atom is 0.319 e. The van der Waals surface area contributed by atoms with Crippen molar-refractivity contribution in [1.82, 2.24) is 5.32 Å². The molecule has 6 unspecified atom stereocenters. The van der Waals surface area contributed by atoms with Crippen molar-refractivity contribution < 1.29 is 19.4 Å². The van der Waals surface area contributed by atoms with Crippen LogP contribution in [0.25, 0.3) is 0 Å². The van der Waals surface area contributed by atoms with E-state index in [4.69, 9.17) is 9.47 Å². The molecule has 4 saturated heterocycles. The third-order valence-corrected chi connectivity index (χ3v) is 8.17. The number of aliphatic hydroxyl groups excluding tert-OH is 1. The van der Waals surface area contributed by atoms with Crippen LogP contribution in [0.2, 0.25) is 0 Å². The third-order valence-electron chi connectivity index (χ3n) is 8.17. The molecular formula is C21H24N2O4. The second-order valence-corrected chi connectivity index (χ2v) is 8.50. The Bertz CT molecular complexity index is 900. The molecule has 0 amide bonds. The van der Waals surface area contributed by atoms with Crippen LogP contribution in [0.4, 0.5) is 5.69 Å². The van der Waals surface area contributed by atoms with E-state index in [1.807, 2.05) is 19.1 Å². The zero-order valence-electron chi connectivity index (χ0n) is 15.6. The molecule has 1 saturated carbocycles. The molecule has 1 spiro atoms. The first-order valence-corrected chi connectivity index (χ1v) is 9.80. The number of anilines is 1. The second kappa shape index (κ2) is 4.74. The molecule has 1 aromatic carbocycles. The number of rotatable bonds is 0. The summed E-state index contributed by atoms with van der Waals surface area (Å²) in [6, 6.07) is 8.28. The number of nitrogens with zero attached hydrogens (tertiary/aromatic N) is 1. The lowest BCUT2D eigenvalue weighted by Crippen LogP contribution is -2.85. The van der Waals surface area contributed by atoms with E-state index >= 15 is 0 Å². The molecule has 6 aliphatic rings. The molecule has 5 heterocycles. The van der Waals surface area contributed by atoms with Gasteiger partial charge in [0.15, 0.2) is 6.29 Å². The molecular weight excluding hydrogens is 344 g/mol. The van der Waals surface area contributed by atoms with Crippen LogP contribution in [0.1, 0.15) is 25.3 Å². The number of hydrogen-bond acceptors (Lipinski definition) is 6. The van der Waals surface area contributed by atoms with Crippen molar-refractivity contribution in [3.05, 3.63) is 41.5 Å². The molecule has 1 aliphatic carbocycles. The van der Waals surface area contributed by atoms with Gasteiger partial charge in [-0.3, -0.25) is 10.1 Å². The number of benzene rings is 1. The first-order valence-electron chi connectivity index (χ1n) is 9.80. The summed E-state index contributed by atoms with van der Waals surface area (Å²) in [4.78, 5) is 15.8. The Morgan fingerprint density at radius 3 is 3.00 bits per heavy atom. The van der Waals surface area contributed by atoms with Crippen molar-refractivity contribution in [2.45, 2.75) is 43.2 Å². The number of nitrogens with one attached hydrogen (secondary N) is 1. The van der Waals surface area contributed by atoms with E-state index in [2.05, 4.69) is 35.5 Å². The molecule has 0 aromatic heterocycles. The fourth-order valence-corrected chi connectivity index (χ4v) is 7.36. The number of hydrogen-bond donors (Lipinski definition) is 2. The van der Waals surface area contributed by atoms with Crippen LogP contribution in [0.15, 0.2) is 35.9 Å². The monoisotopic (exact) mass is 368 g/mol. The van der Waals surface area contributed by atoms with Gasteiger partial charge in [0.05, 0.1) is 12.0 Å². The number of aliphatic hydroxyl groups is 1. The van der Waals surface area contributed by atoms with E-state index in [9.17, 15) is 9.90 Å². The van der Waals surface area contributed by atoms with Crippen LogP contribution in [0, 0.1) is 11.3 Å². The van der Waals surface area contributed by atoms with Gasteiger partial charge in [-0.05, 0) is 43.5 Å². The number of carbonyl (C=O) groups excluding carboxylic acids is 1. The Hall–Kier alpha value is -1.89. The zero-order chi connectivity index (χ0) is 18.6. The van der Waals surface area contributed by atoms with Gasteiger partial charge in [0.25, 0.3) is 0 Å². The molecule has 1 aromatic rings. The maximum atomic E-state index is 13.5. The Morgan fingerprint density at radius 1 is 1.37 bits per heavy atom. The van der Waals surface area contributed by atoms with Crippen LogP contribution in [0.5, 0.6) is 0 Å². The standard InChI is InChI=1S/C21H24N2O4/c1-3-12-11-26-17(24)20-14(12)10-16(27-18(20)25)21-19(20,8-9-22-21)13-6-4-5-7-15(13)23(21)2/h3-7,14,16-17,22,24H,8-11H2,1-2H3. The van der Waals surface area contributed by atoms with Crippen molar-refractivity contribution in [2.24, 2.45) is 11.3 Å². The lowest BCUT2D eigenvalue weighted by atomic mass is 9.42. The summed E-state index contributed by atoms with van der Waals surface area (Å²) in [7, 11) is 2.08. The lowest BCUT2D eigenvalue weighted by Gasteiger charge is -2.68. The Morgan fingerprint density at radius 2 is 2.19 bits per heavy atom. The summed E-state index contributed by atoms with van der Waals surface area (Å²) in [6.07, 6.45) is 2.08. The molecule has 7 rings (SSSR count). The molecule has 5 aliphatic heterocycles. The average Bonchev–Trinajstić information content (AvgIpc) is 3.20. The van der Waals surface area contributed by atoms with Crippen LogP contribution < -0.4 is 10.2 Å². The van der Waals surface area contributed by atoms with E-state index in [0.29, 0.717) is 13.0 Å². The highest BCUT2D eigenvalue weighted by atomic mass is 16.6. The summed E-state index contributed by atoms with van der Waals surface area (Å²) < 4.78 is 11.9. The summed E-state index contributed by atoms with van der Waals surface area (Å²) in [5, 5.41) is 15.0. The second-order valence-electron chi connectivity index (χ2n) is 8.50. The van der Waals surface area contributed by atoms with E-state index < -0.39 is 22.8 Å². The Balaban J connectivity index is 1.75. The SMILES string of the molecule is CC=C1COC(O)C23C(=O)OC(CC12)C12NCCC31c1ccccc1N2C. The molecule has 27 heavy (non-hydrogen) atoms. The number of para-hydroxylation sites is 1. The summed E-state index contributed by atoms with van der Waals surface area (Å²) >= 11 is 0. The predicted molar refractivity (Wildman–Crippen MR) is 98.0 cm³/mol. The summed E-state index contributed by atoms with van der Waals surface area (Å²) in [5.74, 6) is -0.371. The minimum absolute atomic E-state index is 0.0647. The first-order chi connectivity index (χ1) is 13.1. The number of allylic oxidation sites excluding steroid dienone is 1. The average molecular weight is 368 g/mol. The minimum atomic E-state index is -1.18. The van der Waals surface area contributed by atoms with E-state index in [1.54, 1.807) is 0 Å². The number of fused-ring (bicyclic) bond motifs is 2. The topological polar surface area (TPSA) is 71.0 Å². The van der Waals surface area contributed by atoms with Gasteiger partial charge in [-0.2, -0.15) is 0 Å². The molecule has 6 atom stereocenters. The molecule has 5 fully saturated rings. The largest absolute Gasteiger partial charge is 0.458 e. The number of ether oxygens (including phenoxy) is 2. The normalized spacial score (nSPS) is 48.1. The molecule has 2 bridgehead atoms. The maximum absolute atomic E-state index is 13.5. The molecule has 2 N–H and O–H groups in total. The number of esters is 1. The number of carbonyl (C=O) groups is 1. The van der Waals surface area contributed by atoms with Gasteiger partial charge in [-0.15, -0.1) is 0 Å². The molecule has 6 heteroatoms. The van der Waals surface area contributed by atoms with Gasteiger partial charge in [-0.1, -0.05) is 24.3 Å². The van der Waals surface area contributed by atoms with Crippen molar-refractivity contribution >= 4 is 11.7 Å². The fraction of sp³-hybridized carbons (Fsp3) is 0.571. The van der Waals surface area contributed by atoms with Gasteiger partial charge >= 0.3 is 5.97 Å². The van der Waals surface area contributed by atoms with Gasteiger partial charge in [0.1, 0.15) is 17.2 Å². The summed E-state index contributed by atoms with van der Waals surface area (Å²) in [5.41, 5.74) is 1.08. The van der Waals surface area contributed by atoms with Crippen molar-refractivity contribution in [3.63, 3.8) is 0 Å². The Labute approximate surface area is 158 Å². The van der Waals surface area contributed by atoms with Gasteiger partial charge < -0.3 is 19.5 Å². The van der Waals surface area contributed by atoms with Crippen LogP contribution in [0.3, 0.4) is 0 Å². The van der Waals surface area contributed by atoms with Crippen LogP contribution >= 0.6 is 0 Å². The quantitative estimate of drug-likeness (QED) is 0.531. The molecule has 0 radical (unpaired) electrons. The Kier molecular flexibility index (Phi) is 2.83. The van der Waals surface area contributed by atoms with Gasteiger partial charge in [0, 0.05) is 18.7 Å². The lowest BCUT2D eigenvalue weighted by molar-refractivity contribution is -0.297. The molecule has 142 valence electrons. The third kappa shape index (κ3) is 1.33. The van der Waals surface area contributed by atoms with E-state index in [0.717, 1.165) is 29.8 Å². The van der Waals surface area contributed by atoms with Gasteiger partial charge in [0.2, 0.25) is 0 Å². The van der Waals surface area contributed by atoms with E-state index in [1.165, 1.54) is 0 Å². The van der Waals surface area contributed by atoms with Crippen LogP contribution in [-0.2, 0) is 19.7 Å². The van der Waals surface area contributed by atoms with Crippen LogP contribution in [-0.4, -0.2) is 49.3 Å². The number of likely N-dealkylation sites (N-methyl/N-ethyl adjacent to an activating group) is 1. The van der Waals surface area contributed by atoms with E-state index in [-0.39, 0.29) is 18.0 Å². The van der Waals surface area contributed by atoms with Gasteiger partial charge in [-0.25, -0.2) is 0 Å². The smallest absolute Gasteiger partial charge is 0.319 e. The molecule has 6 nitrogen and oxygen atoms in total. The van der Waals surface area contributed by atoms with Crippen molar-refractivity contribution in [1.29, 1.82) is 0 Å². The highest BCUT2D eigenvalue weighted by molar-refractivity contribution is 5.89. The zero-order valence-corrected chi connectivity index (χ0v) is 15.6. The highest BCUT2D eigenvalue weighted by Gasteiger charge is 2.87.